The van der Waals surface area contributed by atoms with Gasteiger partial charge in [-0.1, -0.05) is 45.4 Å². The van der Waals surface area contributed by atoms with Gasteiger partial charge in [0.15, 0.2) is 0 Å². The van der Waals surface area contributed by atoms with Gasteiger partial charge in [-0.05, 0) is 18.6 Å². The number of thioether (sulfide) groups is 1. The van der Waals surface area contributed by atoms with Crippen molar-refractivity contribution in [3.05, 3.63) is 0 Å². The smallest absolute Gasteiger partial charge is 0.281 e. The van der Waals surface area contributed by atoms with Gasteiger partial charge < -0.3 is 4.90 Å². The lowest BCUT2D eigenvalue weighted by Crippen LogP contribution is -2.29. The largest absolute Gasteiger partial charge is 0.334 e. The van der Waals surface area contributed by atoms with E-state index in [1.54, 1.807) is 0 Å². The van der Waals surface area contributed by atoms with Crippen LogP contribution in [0.4, 0.5) is 4.79 Å². The molecule has 0 aliphatic heterocycles. The Morgan fingerprint density at radius 2 is 1.57 bits per heavy atom. The summed E-state index contributed by atoms with van der Waals surface area (Å²) >= 11 is 1.43. The highest BCUT2D eigenvalue weighted by molar-refractivity contribution is 8.13. The third-order valence-corrected chi connectivity index (χ3v) is 2.88. The molecule has 0 unspecified atom stereocenters. The molecule has 0 atom stereocenters. The first-order valence-electron chi connectivity index (χ1n) is 5.67. The first-order valence-corrected chi connectivity index (χ1v) is 6.66. The van der Waals surface area contributed by atoms with Gasteiger partial charge in [-0.2, -0.15) is 0 Å². The quantitative estimate of drug-likeness (QED) is 0.647. The summed E-state index contributed by atoms with van der Waals surface area (Å²) in [6.07, 6.45) is 4.57. The molecule has 0 aromatic heterocycles. The van der Waals surface area contributed by atoms with Gasteiger partial charge in [-0.15, -0.1) is 0 Å². The van der Waals surface area contributed by atoms with Crippen LogP contribution in [0.3, 0.4) is 0 Å². The van der Waals surface area contributed by atoms with Crippen molar-refractivity contribution >= 4 is 17.0 Å². The molecule has 3 heteroatoms. The fraction of sp³-hybridized carbons (Fsp3) is 0.909. The van der Waals surface area contributed by atoms with Crippen molar-refractivity contribution in [2.45, 2.75) is 46.5 Å². The summed E-state index contributed by atoms with van der Waals surface area (Å²) in [6.45, 7) is 8.22. The third kappa shape index (κ3) is 6.30. The van der Waals surface area contributed by atoms with E-state index in [1.807, 2.05) is 11.8 Å². The van der Waals surface area contributed by atoms with Crippen LogP contribution >= 0.6 is 11.8 Å². The monoisotopic (exact) mass is 217 g/mol. The van der Waals surface area contributed by atoms with Crippen LogP contribution in [0.2, 0.25) is 0 Å². The van der Waals surface area contributed by atoms with Crippen molar-refractivity contribution in [2.75, 3.05) is 18.8 Å². The Morgan fingerprint density at radius 1 is 1.07 bits per heavy atom. The van der Waals surface area contributed by atoms with Gasteiger partial charge in [0.05, 0.1) is 0 Å². The van der Waals surface area contributed by atoms with Crippen molar-refractivity contribution in [1.29, 1.82) is 0 Å². The minimum Gasteiger partial charge on any atom is -0.334 e. The van der Waals surface area contributed by atoms with Crippen molar-refractivity contribution in [1.82, 2.24) is 4.90 Å². The molecule has 0 fully saturated rings. The maximum absolute atomic E-state index is 11.6. The topological polar surface area (TPSA) is 20.3 Å². The van der Waals surface area contributed by atoms with Crippen LogP contribution in [-0.2, 0) is 0 Å². The summed E-state index contributed by atoms with van der Waals surface area (Å²) < 4.78 is 0. The highest BCUT2D eigenvalue weighted by Gasteiger charge is 2.11. The fourth-order valence-corrected chi connectivity index (χ4v) is 1.82. The Balaban J connectivity index is 3.88. The number of hydrogen-bond donors (Lipinski definition) is 0. The molecule has 0 aliphatic rings. The number of unbranched alkanes of at least 4 members (excludes halogenated alkanes) is 2. The van der Waals surface area contributed by atoms with Crippen molar-refractivity contribution < 1.29 is 4.79 Å². The predicted octanol–water partition coefficient (Wildman–Crippen LogP) is 3.76. The van der Waals surface area contributed by atoms with Crippen LogP contribution in [0.1, 0.15) is 46.5 Å². The molecule has 0 saturated carbocycles. The lowest BCUT2D eigenvalue weighted by molar-refractivity contribution is 0.221. The molecule has 84 valence electrons. The normalized spacial score (nSPS) is 10.2. The van der Waals surface area contributed by atoms with Crippen LogP contribution in [0, 0.1) is 0 Å². The SMILES string of the molecule is CCCCN(CCCC)C(=O)SCC. The van der Waals surface area contributed by atoms with Gasteiger partial charge in [0, 0.05) is 13.1 Å². The van der Waals surface area contributed by atoms with Crippen LogP contribution in [0.25, 0.3) is 0 Å². The maximum atomic E-state index is 11.6. The highest BCUT2D eigenvalue weighted by Crippen LogP contribution is 2.10. The van der Waals surface area contributed by atoms with E-state index >= 15 is 0 Å². The van der Waals surface area contributed by atoms with Gasteiger partial charge in [-0.3, -0.25) is 4.79 Å². The highest BCUT2D eigenvalue weighted by atomic mass is 32.2. The first kappa shape index (κ1) is 13.8. The number of carbonyl (C=O) groups is 1. The van der Waals surface area contributed by atoms with Gasteiger partial charge in [0.1, 0.15) is 0 Å². The van der Waals surface area contributed by atoms with E-state index in [4.69, 9.17) is 0 Å². The summed E-state index contributed by atoms with van der Waals surface area (Å²) in [5.41, 5.74) is 0. The molecule has 0 N–H and O–H groups in total. The fourth-order valence-electron chi connectivity index (χ4n) is 1.21. The molecule has 0 heterocycles. The Bertz CT molecular complexity index is 142. The van der Waals surface area contributed by atoms with Gasteiger partial charge >= 0.3 is 0 Å². The van der Waals surface area contributed by atoms with Crippen LogP contribution in [0.5, 0.6) is 0 Å². The zero-order valence-corrected chi connectivity index (χ0v) is 10.5. The summed E-state index contributed by atoms with van der Waals surface area (Å²) in [5, 5.41) is 0.259. The third-order valence-electron chi connectivity index (χ3n) is 2.09. The Labute approximate surface area is 92.4 Å². The van der Waals surface area contributed by atoms with E-state index in [9.17, 15) is 4.79 Å². The number of rotatable bonds is 7. The van der Waals surface area contributed by atoms with E-state index in [0.717, 1.165) is 44.5 Å². The van der Waals surface area contributed by atoms with Crippen molar-refractivity contribution in [3.63, 3.8) is 0 Å². The number of hydrogen-bond acceptors (Lipinski definition) is 2. The minimum absolute atomic E-state index is 0.259. The number of nitrogens with zero attached hydrogens (tertiary/aromatic N) is 1. The van der Waals surface area contributed by atoms with Crippen LogP contribution in [-0.4, -0.2) is 29.0 Å². The molecule has 0 saturated heterocycles. The number of amides is 1. The average molecular weight is 217 g/mol. The summed E-state index contributed by atoms with van der Waals surface area (Å²) in [6, 6.07) is 0. The molecule has 0 bridgehead atoms. The van der Waals surface area contributed by atoms with E-state index < -0.39 is 0 Å². The average Bonchev–Trinajstić information content (AvgIpc) is 2.18. The van der Waals surface area contributed by atoms with E-state index in [0.29, 0.717) is 0 Å². The second-order valence-corrected chi connectivity index (χ2v) is 4.61. The standard InChI is InChI=1S/C11H23NOS/c1-4-7-9-12(10-8-5-2)11(13)14-6-3/h4-10H2,1-3H3. The summed E-state index contributed by atoms with van der Waals surface area (Å²) in [5.74, 6) is 0.883. The Morgan fingerprint density at radius 3 is 1.93 bits per heavy atom. The summed E-state index contributed by atoms with van der Waals surface area (Å²) in [4.78, 5) is 13.6. The molecule has 0 aromatic carbocycles. The van der Waals surface area contributed by atoms with Gasteiger partial charge in [0.25, 0.3) is 5.24 Å². The van der Waals surface area contributed by atoms with Crippen molar-refractivity contribution in [2.24, 2.45) is 0 Å². The molecule has 1 amide bonds. The molecule has 0 aromatic rings. The lowest BCUT2D eigenvalue weighted by Gasteiger charge is -2.21. The second-order valence-electron chi connectivity index (χ2n) is 3.39. The maximum Gasteiger partial charge on any atom is 0.281 e. The molecule has 14 heavy (non-hydrogen) atoms. The Hall–Kier alpha value is -0.180. The molecular weight excluding hydrogens is 194 g/mol. The van der Waals surface area contributed by atoms with E-state index in [2.05, 4.69) is 13.8 Å². The Kier molecular flexibility index (Phi) is 9.26. The molecule has 2 nitrogen and oxygen atoms in total. The summed E-state index contributed by atoms with van der Waals surface area (Å²) in [7, 11) is 0. The van der Waals surface area contributed by atoms with Crippen LogP contribution in [0.15, 0.2) is 0 Å². The van der Waals surface area contributed by atoms with Crippen LogP contribution < -0.4 is 0 Å². The zero-order chi connectivity index (χ0) is 10.8. The van der Waals surface area contributed by atoms with Crippen molar-refractivity contribution in [3.8, 4) is 0 Å². The molecule has 0 spiro atoms. The van der Waals surface area contributed by atoms with E-state index in [-0.39, 0.29) is 5.24 Å². The number of carbonyl (C=O) groups excluding carboxylic acids is 1. The van der Waals surface area contributed by atoms with E-state index in [1.165, 1.54) is 11.8 Å². The zero-order valence-electron chi connectivity index (χ0n) is 9.71. The lowest BCUT2D eigenvalue weighted by atomic mass is 10.3. The first-order chi connectivity index (χ1) is 6.76. The molecular formula is C11H23NOS. The molecule has 0 aliphatic carbocycles. The molecule has 0 rings (SSSR count). The van der Waals surface area contributed by atoms with Gasteiger partial charge in [0.2, 0.25) is 0 Å². The second kappa shape index (κ2) is 9.38. The van der Waals surface area contributed by atoms with Gasteiger partial charge in [-0.25, -0.2) is 0 Å². The minimum atomic E-state index is 0.259. The predicted molar refractivity (Wildman–Crippen MR) is 64.9 cm³/mol. The molecule has 0 radical (unpaired) electrons.